The van der Waals surface area contributed by atoms with Gasteiger partial charge < -0.3 is 4.74 Å². The monoisotopic (exact) mass is 195 g/mol. The molecule has 0 amide bonds. The summed E-state index contributed by atoms with van der Waals surface area (Å²) in [5.41, 5.74) is 4.62. The van der Waals surface area contributed by atoms with E-state index >= 15 is 0 Å². The maximum Gasteiger partial charge on any atom is 0.122 e. The minimum Gasteiger partial charge on any atom is -0.496 e. The van der Waals surface area contributed by atoms with Crippen molar-refractivity contribution >= 4 is 0 Å². The highest BCUT2D eigenvalue weighted by atomic mass is 16.6. The fraction of sp³-hybridized carbons (Fsp3) is 0.455. The summed E-state index contributed by atoms with van der Waals surface area (Å²) in [6.07, 6.45) is 0. The lowest BCUT2D eigenvalue weighted by atomic mass is 9.98. The molecular formula is C11H17NO2. The first-order valence-corrected chi connectivity index (χ1v) is 4.57. The Hall–Kier alpha value is -1.06. The summed E-state index contributed by atoms with van der Waals surface area (Å²) in [6.45, 7) is 6.57. The molecule has 0 radical (unpaired) electrons. The summed E-state index contributed by atoms with van der Waals surface area (Å²) < 4.78 is 5.27. The Bertz CT molecular complexity index is 335. The van der Waals surface area contributed by atoms with E-state index in [9.17, 15) is 0 Å². The number of hydrogen-bond acceptors (Lipinski definition) is 3. The summed E-state index contributed by atoms with van der Waals surface area (Å²) >= 11 is 0. The first-order chi connectivity index (χ1) is 6.61. The second-order valence-electron chi connectivity index (χ2n) is 3.44. The molecular weight excluding hydrogens is 178 g/mol. The van der Waals surface area contributed by atoms with Gasteiger partial charge in [0, 0.05) is 0 Å². The molecule has 0 aromatic heterocycles. The van der Waals surface area contributed by atoms with Crippen LogP contribution >= 0.6 is 0 Å². The van der Waals surface area contributed by atoms with Crippen molar-refractivity contribution in [3.8, 4) is 5.75 Å². The third kappa shape index (κ3) is 1.89. The van der Waals surface area contributed by atoms with E-state index in [0.717, 1.165) is 22.4 Å². The molecule has 3 heteroatoms. The molecule has 1 aromatic carbocycles. The van der Waals surface area contributed by atoms with Crippen LogP contribution in [-0.4, -0.2) is 7.11 Å². The van der Waals surface area contributed by atoms with E-state index in [0.29, 0.717) is 6.61 Å². The number of aryl methyl sites for hydroxylation is 1. The molecule has 0 heterocycles. The van der Waals surface area contributed by atoms with Crippen molar-refractivity contribution in [3.63, 3.8) is 0 Å². The van der Waals surface area contributed by atoms with Gasteiger partial charge in [0.15, 0.2) is 0 Å². The van der Waals surface area contributed by atoms with Crippen LogP contribution in [0.4, 0.5) is 0 Å². The Morgan fingerprint density at radius 3 is 2.36 bits per heavy atom. The number of rotatable bonds is 3. The van der Waals surface area contributed by atoms with E-state index in [4.69, 9.17) is 10.6 Å². The molecule has 0 aliphatic carbocycles. The smallest absolute Gasteiger partial charge is 0.122 e. The Morgan fingerprint density at radius 1 is 1.21 bits per heavy atom. The second-order valence-corrected chi connectivity index (χ2v) is 3.44. The van der Waals surface area contributed by atoms with E-state index in [2.05, 4.69) is 11.8 Å². The third-order valence-electron chi connectivity index (χ3n) is 2.66. The second kappa shape index (κ2) is 4.44. The molecule has 0 aliphatic heterocycles. The first kappa shape index (κ1) is 11.0. The maximum atomic E-state index is 5.27. The van der Waals surface area contributed by atoms with Crippen LogP contribution in [-0.2, 0) is 11.4 Å². The minimum atomic E-state index is 0.447. The van der Waals surface area contributed by atoms with Crippen molar-refractivity contribution in [1.82, 2.24) is 0 Å². The van der Waals surface area contributed by atoms with Crippen molar-refractivity contribution in [2.75, 3.05) is 7.11 Å². The molecule has 2 N–H and O–H groups in total. The van der Waals surface area contributed by atoms with E-state index in [-0.39, 0.29) is 0 Å². The minimum absolute atomic E-state index is 0.447. The molecule has 0 unspecified atom stereocenters. The molecule has 0 aliphatic rings. The zero-order chi connectivity index (χ0) is 10.7. The van der Waals surface area contributed by atoms with Crippen molar-refractivity contribution in [2.24, 2.45) is 5.90 Å². The van der Waals surface area contributed by atoms with Crippen LogP contribution < -0.4 is 10.6 Å². The number of hydrogen-bond donors (Lipinski definition) is 1. The number of benzene rings is 1. The highest BCUT2D eigenvalue weighted by Gasteiger charge is 2.09. The van der Waals surface area contributed by atoms with Gasteiger partial charge in [0.25, 0.3) is 0 Å². The maximum absolute atomic E-state index is 5.27. The standard InChI is InChI=1S/C11H17NO2/c1-7-5-11(13-4)9(3)8(2)10(7)6-14-12/h5H,6,12H2,1-4H3. The third-order valence-corrected chi connectivity index (χ3v) is 2.66. The number of nitrogens with two attached hydrogens (primary N) is 1. The Balaban J connectivity index is 3.26. The Kier molecular flexibility index (Phi) is 3.49. The molecule has 0 fully saturated rings. The van der Waals surface area contributed by atoms with E-state index in [1.807, 2.05) is 19.9 Å². The average Bonchev–Trinajstić information content (AvgIpc) is 2.18. The summed E-state index contributed by atoms with van der Waals surface area (Å²) in [7, 11) is 1.68. The number of methoxy groups -OCH3 is 1. The zero-order valence-electron chi connectivity index (χ0n) is 9.18. The Labute approximate surface area is 84.8 Å². The van der Waals surface area contributed by atoms with Crippen molar-refractivity contribution in [1.29, 1.82) is 0 Å². The normalized spacial score (nSPS) is 10.4. The molecule has 1 aromatic rings. The van der Waals surface area contributed by atoms with Crippen LogP contribution in [0.3, 0.4) is 0 Å². The fourth-order valence-electron chi connectivity index (χ4n) is 1.62. The fourth-order valence-corrected chi connectivity index (χ4v) is 1.62. The lowest BCUT2D eigenvalue weighted by Gasteiger charge is -2.14. The molecule has 0 saturated heterocycles. The molecule has 78 valence electrons. The van der Waals surface area contributed by atoms with Gasteiger partial charge in [-0.05, 0) is 49.1 Å². The SMILES string of the molecule is COc1cc(C)c(CON)c(C)c1C. The van der Waals surface area contributed by atoms with Crippen LogP contribution in [0.1, 0.15) is 22.3 Å². The van der Waals surface area contributed by atoms with Gasteiger partial charge in [0.2, 0.25) is 0 Å². The van der Waals surface area contributed by atoms with Gasteiger partial charge in [-0.25, -0.2) is 5.90 Å². The quantitative estimate of drug-likeness (QED) is 0.750. The van der Waals surface area contributed by atoms with Gasteiger partial charge in [0.1, 0.15) is 5.75 Å². The van der Waals surface area contributed by atoms with Crippen LogP contribution in [0.5, 0.6) is 5.75 Å². The topological polar surface area (TPSA) is 44.5 Å². The van der Waals surface area contributed by atoms with Crippen molar-refractivity contribution < 1.29 is 9.57 Å². The van der Waals surface area contributed by atoms with E-state index in [1.54, 1.807) is 7.11 Å². The van der Waals surface area contributed by atoms with Crippen molar-refractivity contribution in [3.05, 3.63) is 28.3 Å². The van der Waals surface area contributed by atoms with Gasteiger partial charge in [-0.1, -0.05) is 0 Å². The van der Waals surface area contributed by atoms with Gasteiger partial charge in [0.05, 0.1) is 13.7 Å². The van der Waals surface area contributed by atoms with E-state index in [1.165, 1.54) is 5.56 Å². The highest BCUT2D eigenvalue weighted by Crippen LogP contribution is 2.27. The Morgan fingerprint density at radius 2 is 1.86 bits per heavy atom. The molecule has 0 spiro atoms. The summed E-state index contributed by atoms with van der Waals surface area (Å²) in [5.74, 6) is 6.01. The molecule has 0 saturated carbocycles. The van der Waals surface area contributed by atoms with Gasteiger partial charge in [-0.3, -0.25) is 4.84 Å². The van der Waals surface area contributed by atoms with Crippen LogP contribution in [0, 0.1) is 20.8 Å². The molecule has 1 rings (SSSR count). The van der Waals surface area contributed by atoms with Crippen LogP contribution in [0.15, 0.2) is 6.07 Å². The average molecular weight is 195 g/mol. The lowest BCUT2D eigenvalue weighted by Crippen LogP contribution is -2.05. The van der Waals surface area contributed by atoms with Crippen LogP contribution in [0.2, 0.25) is 0 Å². The van der Waals surface area contributed by atoms with Crippen LogP contribution in [0.25, 0.3) is 0 Å². The molecule has 3 nitrogen and oxygen atoms in total. The van der Waals surface area contributed by atoms with Gasteiger partial charge in [-0.15, -0.1) is 0 Å². The number of ether oxygens (including phenoxy) is 1. The first-order valence-electron chi connectivity index (χ1n) is 4.57. The largest absolute Gasteiger partial charge is 0.496 e. The molecule has 0 bridgehead atoms. The lowest BCUT2D eigenvalue weighted by molar-refractivity contribution is 0.123. The summed E-state index contributed by atoms with van der Waals surface area (Å²) in [5, 5.41) is 0. The highest BCUT2D eigenvalue weighted by molar-refractivity contribution is 5.47. The van der Waals surface area contributed by atoms with Crippen molar-refractivity contribution in [2.45, 2.75) is 27.4 Å². The van der Waals surface area contributed by atoms with Gasteiger partial charge >= 0.3 is 0 Å². The predicted molar refractivity (Wildman–Crippen MR) is 56.2 cm³/mol. The molecule has 14 heavy (non-hydrogen) atoms. The van der Waals surface area contributed by atoms with E-state index < -0.39 is 0 Å². The summed E-state index contributed by atoms with van der Waals surface area (Å²) in [6, 6.07) is 2.01. The zero-order valence-corrected chi connectivity index (χ0v) is 9.18. The summed E-state index contributed by atoms with van der Waals surface area (Å²) in [4.78, 5) is 4.68. The molecule has 0 atom stereocenters. The van der Waals surface area contributed by atoms with Gasteiger partial charge in [-0.2, -0.15) is 0 Å². The predicted octanol–water partition coefficient (Wildman–Crippen LogP) is 2.01.